The number of para-hydroxylation sites is 1. The lowest BCUT2D eigenvalue weighted by molar-refractivity contribution is -0.116. The number of hydrogen-bond donors (Lipinski definition) is 1. The first-order valence-corrected chi connectivity index (χ1v) is 11.7. The molecule has 31 heavy (non-hydrogen) atoms. The molecule has 0 radical (unpaired) electrons. The second-order valence-electron chi connectivity index (χ2n) is 7.94. The van der Waals surface area contributed by atoms with E-state index in [0.29, 0.717) is 6.54 Å². The number of hydrogen-bond acceptors (Lipinski definition) is 4. The Balaban J connectivity index is 1.55. The molecule has 1 amide bonds. The predicted octanol–water partition coefficient (Wildman–Crippen LogP) is 4.65. The van der Waals surface area contributed by atoms with Crippen molar-refractivity contribution in [2.24, 2.45) is 0 Å². The summed E-state index contributed by atoms with van der Waals surface area (Å²) in [6.07, 6.45) is 5.18. The second kappa shape index (κ2) is 8.63. The fraction of sp³-hybridized carbons (Fsp3) is 0.333. The molecule has 2 saturated heterocycles. The molecule has 3 heterocycles. The maximum atomic E-state index is 12.7. The number of carbonyl (C=O) groups excluding carboxylic acids is 1. The molecule has 5 rings (SSSR count). The van der Waals surface area contributed by atoms with Gasteiger partial charge in [0.25, 0.3) is 0 Å². The van der Waals surface area contributed by atoms with E-state index < -0.39 is 0 Å². The lowest BCUT2D eigenvalue weighted by atomic mass is 9.91. The summed E-state index contributed by atoms with van der Waals surface area (Å²) in [5.74, 6) is 0.716. The molecule has 2 atom stereocenters. The number of fused-ring (bicyclic) bond motifs is 1. The van der Waals surface area contributed by atoms with Crippen molar-refractivity contribution in [1.82, 2.24) is 15.1 Å². The van der Waals surface area contributed by atoms with Crippen molar-refractivity contribution in [2.45, 2.75) is 31.4 Å². The smallest absolute Gasteiger partial charge is 0.247 e. The van der Waals surface area contributed by atoms with Gasteiger partial charge in [0.15, 0.2) is 6.23 Å². The molecule has 1 N–H and O–H groups in total. The fourth-order valence-corrected chi connectivity index (χ4v) is 5.17. The van der Waals surface area contributed by atoms with Crippen LogP contribution in [0.4, 0.5) is 0 Å². The molecule has 7 heteroatoms. The summed E-state index contributed by atoms with van der Waals surface area (Å²) in [6.45, 7) is 1.34. The normalized spacial score (nSPS) is 22.8. The van der Waals surface area contributed by atoms with Gasteiger partial charge in [-0.25, -0.2) is 4.68 Å². The van der Waals surface area contributed by atoms with Gasteiger partial charge in [-0.2, -0.15) is 5.10 Å². The highest BCUT2D eigenvalue weighted by molar-refractivity contribution is 14.1. The van der Waals surface area contributed by atoms with E-state index in [1.54, 1.807) is 7.11 Å². The molecule has 0 spiro atoms. The standard InChI is InChI=1S/C24H24IN3O3/c1-30-21-7-3-2-6-16(21)19-14-26-24(29)18(19)12-15-9-10-17-20(13-15)28(27-23(17)25)22-8-4-5-11-31-22/h2-3,6-7,9-10,12-13,19,22H,4-5,8,11,14H2,1H3,(H,26,29). The van der Waals surface area contributed by atoms with Crippen molar-refractivity contribution in [1.29, 1.82) is 0 Å². The summed E-state index contributed by atoms with van der Waals surface area (Å²) in [5.41, 5.74) is 3.79. The molecule has 0 bridgehead atoms. The van der Waals surface area contributed by atoms with Crippen LogP contribution in [0.2, 0.25) is 0 Å². The van der Waals surface area contributed by atoms with E-state index in [1.165, 1.54) is 0 Å². The van der Waals surface area contributed by atoms with E-state index in [2.05, 4.69) is 46.1 Å². The summed E-state index contributed by atoms with van der Waals surface area (Å²) in [4.78, 5) is 12.7. The number of carbonyl (C=O) groups is 1. The minimum absolute atomic E-state index is 0.0289. The van der Waals surface area contributed by atoms with Crippen molar-refractivity contribution in [2.75, 3.05) is 20.3 Å². The van der Waals surface area contributed by atoms with E-state index in [1.807, 2.05) is 35.0 Å². The minimum atomic E-state index is -0.0499. The van der Waals surface area contributed by atoms with Crippen LogP contribution >= 0.6 is 22.6 Å². The van der Waals surface area contributed by atoms with Gasteiger partial charge in [0.05, 0.1) is 12.6 Å². The number of aromatic nitrogens is 2. The number of methoxy groups -OCH3 is 1. The third-order valence-electron chi connectivity index (χ3n) is 6.06. The number of halogens is 1. The van der Waals surface area contributed by atoms with Crippen molar-refractivity contribution in [3.8, 4) is 5.75 Å². The molecule has 2 unspecified atom stereocenters. The Hall–Kier alpha value is -2.39. The van der Waals surface area contributed by atoms with E-state index in [-0.39, 0.29) is 18.1 Å². The van der Waals surface area contributed by atoms with Crippen LogP contribution in [0.5, 0.6) is 5.75 Å². The molecule has 1 aromatic heterocycles. The quantitative estimate of drug-likeness (QED) is 0.395. The highest BCUT2D eigenvalue weighted by Crippen LogP contribution is 2.36. The molecule has 2 aliphatic heterocycles. The molecule has 2 fully saturated rings. The van der Waals surface area contributed by atoms with Crippen molar-refractivity contribution >= 4 is 45.5 Å². The van der Waals surface area contributed by atoms with Crippen LogP contribution in [0, 0.1) is 3.70 Å². The zero-order valence-electron chi connectivity index (χ0n) is 17.3. The number of benzene rings is 2. The molecule has 0 aliphatic carbocycles. The Bertz CT molecular complexity index is 1160. The molecule has 6 nitrogen and oxygen atoms in total. The van der Waals surface area contributed by atoms with Crippen LogP contribution in [0.25, 0.3) is 17.0 Å². The zero-order chi connectivity index (χ0) is 21.4. The number of rotatable bonds is 4. The molecule has 2 aliphatic rings. The van der Waals surface area contributed by atoms with Crippen molar-refractivity contribution < 1.29 is 14.3 Å². The highest BCUT2D eigenvalue weighted by atomic mass is 127. The van der Waals surface area contributed by atoms with Crippen LogP contribution in [0.3, 0.4) is 0 Å². The molecule has 2 aromatic carbocycles. The van der Waals surface area contributed by atoms with E-state index in [9.17, 15) is 4.79 Å². The Kier molecular flexibility index (Phi) is 5.71. The summed E-state index contributed by atoms with van der Waals surface area (Å²) >= 11 is 2.28. The van der Waals surface area contributed by atoms with E-state index >= 15 is 0 Å². The summed E-state index contributed by atoms with van der Waals surface area (Å²) in [7, 11) is 1.66. The maximum absolute atomic E-state index is 12.7. The largest absolute Gasteiger partial charge is 0.496 e. The summed E-state index contributed by atoms with van der Waals surface area (Å²) in [6, 6.07) is 14.1. The molecule has 3 aromatic rings. The van der Waals surface area contributed by atoms with E-state index in [0.717, 1.165) is 62.9 Å². The SMILES string of the molecule is COc1ccccc1C1CNC(=O)C1=Cc1ccc2c(I)nn(C3CCCCO3)c2c1. The fourth-order valence-electron chi connectivity index (χ4n) is 4.48. The maximum Gasteiger partial charge on any atom is 0.247 e. The Morgan fingerprint density at radius 3 is 2.94 bits per heavy atom. The third kappa shape index (κ3) is 3.85. The van der Waals surface area contributed by atoms with Gasteiger partial charge < -0.3 is 14.8 Å². The summed E-state index contributed by atoms with van der Waals surface area (Å²) in [5, 5.41) is 8.85. The monoisotopic (exact) mass is 529 g/mol. The van der Waals surface area contributed by atoms with Gasteiger partial charge in [0, 0.05) is 35.6 Å². The van der Waals surface area contributed by atoms with Crippen molar-refractivity contribution in [3.05, 3.63) is 62.9 Å². The highest BCUT2D eigenvalue weighted by Gasteiger charge is 2.31. The van der Waals surface area contributed by atoms with Crippen molar-refractivity contribution in [3.63, 3.8) is 0 Å². The van der Waals surface area contributed by atoms with E-state index in [4.69, 9.17) is 14.6 Å². The van der Waals surface area contributed by atoms with Gasteiger partial charge in [-0.15, -0.1) is 0 Å². The van der Waals surface area contributed by atoms with Crippen LogP contribution in [-0.2, 0) is 9.53 Å². The van der Waals surface area contributed by atoms with Crippen LogP contribution in [-0.4, -0.2) is 35.9 Å². The van der Waals surface area contributed by atoms with Gasteiger partial charge in [-0.3, -0.25) is 4.79 Å². The summed E-state index contributed by atoms with van der Waals surface area (Å²) < 4.78 is 14.5. The molecular formula is C24H24IN3O3. The van der Waals surface area contributed by atoms with Gasteiger partial charge in [0.1, 0.15) is 9.45 Å². The zero-order valence-corrected chi connectivity index (χ0v) is 19.5. The Labute approximate surface area is 194 Å². The third-order valence-corrected chi connectivity index (χ3v) is 6.85. The first kappa shape index (κ1) is 20.5. The van der Waals surface area contributed by atoms with Gasteiger partial charge in [0.2, 0.25) is 5.91 Å². The van der Waals surface area contributed by atoms with Gasteiger partial charge in [-0.05, 0) is 71.7 Å². The first-order valence-electron chi connectivity index (χ1n) is 10.6. The number of nitrogens with zero attached hydrogens (tertiary/aromatic N) is 2. The minimum Gasteiger partial charge on any atom is -0.496 e. The van der Waals surface area contributed by atoms with Crippen LogP contribution in [0.15, 0.2) is 48.0 Å². The number of nitrogens with one attached hydrogen (secondary N) is 1. The average Bonchev–Trinajstić information content (AvgIpc) is 3.34. The topological polar surface area (TPSA) is 65.4 Å². The lowest BCUT2D eigenvalue weighted by Crippen LogP contribution is -2.19. The van der Waals surface area contributed by atoms with Gasteiger partial charge >= 0.3 is 0 Å². The van der Waals surface area contributed by atoms with Gasteiger partial charge in [-0.1, -0.05) is 24.3 Å². The predicted molar refractivity (Wildman–Crippen MR) is 128 cm³/mol. The molecule has 160 valence electrons. The second-order valence-corrected chi connectivity index (χ2v) is 8.96. The Morgan fingerprint density at radius 1 is 1.26 bits per heavy atom. The number of amides is 1. The molecular weight excluding hydrogens is 505 g/mol. The molecule has 0 saturated carbocycles. The Morgan fingerprint density at radius 2 is 2.13 bits per heavy atom. The number of ether oxygens (including phenoxy) is 2. The van der Waals surface area contributed by atoms with Crippen LogP contribution in [0.1, 0.15) is 42.5 Å². The van der Waals surface area contributed by atoms with Crippen LogP contribution < -0.4 is 10.1 Å². The lowest BCUT2D eigenvalue weighted by Gasteiger charge is -2.23. The first-order chi connectivity index (χ1) is 15.2. The average molecular weight is 529 g/mol.